The van der Waals surface area contributed by atoms with E-state index in [9.17, 15) is 9.90 Å². The molecule has 22 heavy (non-hydrogen) atoms. The first-order valence-electron chi connectivity index (χ1n) is 7.43. The van der Waals surface area contributed by atoms with Crippen molar-refractivity contribution in [3.05, 3.63) is 59.0 Å². The fourth-order valence-corrected chi connectivity index (χ4v) is 3.18. The Bertz CT molecular complexity index is 641. The summed E-state index contributed by atoms with van der Waals surface area (Å²) in [6.07, 6.45) is 3.18. The maximum absolute atomic E-state index is 12.6. The van der Waals surface area contributed by atoms with Gasteiger partial charge in [-0.25, -0.2) is 0 Å². The van der Waals surface area contributed by atoms with Crippen LogP contribution >= 0.6 is 11.6 Å². The highest BCUT2D eigenvalue weighted by Gasteiger charge is 2.31. The molecule has 0 saturated carbocycles. The second-order valence-electron chi connectivity index (χ2n) is 5.57. The highest BCUT2D eigenvalue weighted by Crippen LogP contribution is 2.29. The molecule has 1 aromatic carbocycles. The van der Waals surface area contributed by atoms with E-state index in [1.165, 1.54) is 0 Å². The predicted octanol–water partition coefficient (Wildman–Crippen LogP) is 3.66. The number of halogens is 1. The lowest BCUT2D eigenvalue weighted by Crippen LogP contribution is -2.36. The van der Waals surface area contributed by atoms with Crippen molar-refractivity contribution in [2.24, 2.45) is 0 Å². The molecule has 1 saturated heterocycles. The van der Waals surface area contributed by atoms with Crippen LogP contribution in [-0.2, 0) is 0 Å². The van der Waals surface area contributed by atoms with Crippen molar-refractivity contribution in [1.29, 1.82) is 0 Å². The summed E-state index contributed by atoms with van der Waals surface area (Å²) in [5.74, 6) is 0.513. The van der Waals surface area contributed by atoms with Crippen molar-refractivity contribution < 1.29 is 14.3 Å². The van der Waals surface area contributed by atoms with Gasteiger partial charge >= 0.3 is 0 Å². The molecule has 1 N–H and O–H groups in total. The fraction of sp³-hybridized carbons (Fsp3) is 0.353. The highest BCUT2D eigenvalue weighted by atomic mass is 35.5. The molecule has 4 nitrogen and oxygen atoms in total. The van der Waals surface area contributed by atoms with Crippen LogP contribution in [-0.4, -0.2) is 28.5 Å². The number of nitrogens with zero attached hydrogens (tertiary/aromatic N) is 1. The first-order valence-corrected chi connectivity index (χ1v) is 7.81. The van der Waals surface area contributed by atoms with E-state index in [1.54, 1.807) is 42.7 Å². The average molecular weight is 320 g/mol. The van der Waals surface area contributed by atoms with Crippen LogP contribution in [0.1, 0.15) is 41.5 Å². The Hall–Kier alpha value is -1.78. The summed E-state index contributed by atoms with van der Waals surface area (Å²) in [5, 5.41) is 10.8. The first-order chi connectivity index (χ1) is 10.6. The molecule has 2 heterocycles. The Labute approximate surface area is 134 Å². The molecular weight excluding hydrogens is 302 g/mol. The van der Waals surface area contributed by atoms with Gasteiger partial charge in [-0.3, -0.25) is 4.79 Å². The second kappa shape index (κ2) is 6.55. The van der Waals surface area contributed by atoms with Gasteiger partial charge in [0.15, 0.2) is 0 Å². The lowest BCUT2D eigenvalue weighted by atomic mass is 10.0. The minimum Gasteiger partial charge on any atom is -0.467 e. The van der Waals surface area contributed by atoms with Crippen LogP contribution < -0.4 is 0 Å². The van der Waals surface area contributed by atoms with Gasteiger partial charge in [-0.1, -0.05) is 17.7 Å². The standard InChI is InChI=1S/C17H18ClNO3/c18-13-5-1-4-12(10-13)17(21)19-8-2-6-14(19)11-15(20)16-7-3-9-22-16/h1,3-5,7,9-10,14-15,20H,2,6,8,11H2/t14-,15-/m0/s1. The maximum atomic E-state index is 12.6. The summed E-state index contributed by atoms with van der Waals surface area (Å²) < 4.78 is 5.23. The number of likely N-dealkylation sites (tertiary alicyclic amines) is 1. The van der Waals surface area contributed by atoms with Crippen molar-refractivity contribution in [3.63, 3.8) is 0 Å². The van der Waals surface area contributed by atoms with E-state index < -0.39 is 6.10 Å². The Morgan fingerprint density at radius 2 is 2.27 bits per heavy atom. The van der Waals surface area contributed by atoms with Crippen LogP contribution in [0.15, 0.2) is 47.1 Å². The Kier molecular flexibility index (Phi) is 4.50. The van der Waals surface area contributed by atoms with Crippen LogP contribution in [0.25, 0.3) is 0 Å². The molecule has 1 aliphatic rings. The van der Waals surface area contributed by atoms with Crippen LogP contribution in [0.4, 0.5) is 0 Å². The maximum Gasteiger partial charge on any atom is 0.254 e. The summed E-state index contributed by atoms with van der Waals surface area (Å²) in [7, 11) is 0. The van der Waals surface area contributed by atoms with Gasteiger partial charge in [0, 0.05) is 29.6 Å². The SMILES string of the molecule is O=C(c1cccc(Cl)c1)N1CCC[C@H]1C[C@H](O)c1ccco1. The molecule has 2 aromatic rings. The number of carbonyl (C=O) groups is 1. The third-order valence-electron chi connectivity index (χ3n) is 4.08. The van der Waals surface area contributed by atoms with Crippen LogP contribution in [0.3, 0.4) is 0 Å². The minimum atomic E-state index is -0.687. The van der Waals surface area contributed by atoms with Crippen molar-refractivity contribution >= 4 is 17.5 Å². The molecule has 2 atom stereocenters. The van der Waals surface area contributed by atoms with E-state index >= 15 is 0 Å². The van der Waals surface area contributed by atoms with Crippen molar-refractivity contribution in [2.45, 2.75) is 31.4 Å². The van der Waals surface area contributed by atoms with E-state index in [2.05, 4.69) is 0 Å². The highest BCUT2D eigenvalue weighted by molar-refractivity contribution is 6.30. The molecular formula is C17H18ClNO3. The van der Waals surface area contributed by atoms with Crippen molar-refractivity contribution in [2.75, 3.05) is 6.54 Å². The first kappa shape index (κ1) is 15.1. The fourth-order valence-electron chi connectivity index (χ4n) is 2.99. The third kappa shape index (κ3) is 3.18. The van der Waals surface area contributed by atoms with Crippen LogP contribution in [0.5, 0.6) is 0 Å². The molecule has 1 amide bonds. The molecule has 0 unspecified atom stereocenters. The van der Waals surface area contributed by atoms with Gasteiger partial charge in [0.25, 0.3) is 5.91 Å². The number of hydrogen-bond acceptors (Lipinski definition) is 3. The smallest absolute Gasteiger partial charge is 0.254 e. The molecule has 1 aliphatic heterocycles. The summed E-state index contributed by atoms with van der Waals surface area (Å²) in [6, 6.07) is 10.5. The van der Waals surface area contributed by atoms with Crippen molar-refractivity contribution in [1.82, 2.24) is 4.90 Å². The zero-order chi connectivity index (χ0) is 15.5. The van der Waals surface area contributed by atoms with Gasteiger partial charge in [0.2, 0.25) is 0 Å². The number of furan rings is 1. The van der Waals surface area contributed by atoms with Crippen LogP contribution in [0, 0.1) is 0 Å². The largest absolute Gasteiger partial charge is 0.467 e. The van der Waals surface area contributed by atoms with Gasteiger partial charge in [0.1, 0.15) is 11.9 Å². The lowest BCUT2D eigenvalue weighted by Gasteiger charge is -2.26. The molecule has 3 rings (SSSR count). The van der Waals surface area contributed by atoms with E-state index in [4.69, 9.17) is 16.0 Å². The van der Waals surface area contributed by atoms with Crippen molar-refractivity contribution in [3.8, 4) is 0 Å². The Morgan fingerprint density at radius 1 is 1.41 bits per heavy atom. The van der Waals surface area contributed by atoms with E-state index in [1.807, 2.05) is 4.90 Å². The molecule has 0 radical (unpaired) electrons. The van der Waals surface area contributed by atoms with Gasteiger partial charge in [0.05, 0.1) is 6.26 Å². The molecule has 0 aliphatic carbocycles. The monoisotopic (exact) mass is 319 g/mol. The van der Waals surface area contributed by atoms with Gasteiger partial charge in [-0.05, 0) is 43.2 Å². The Balaban J connectivity index is 1.71. The molecule has 0 spiro atoms. The number of amides is 1. The molecule has 116 valence electrons. The normalized spacial score (nSPS) is 19.4. The quantitative estimate of drug-likeness (QED) is 0.935. The van der Waals surface area contributed by atoms with Crippen LogP contribution in [0.2, 0.25) is 5.02 Å². The van der Waals surface area contributed by atoms with Gasteiger partial charge in [-0.15, -0.1) is 0 Å². The van der Waals surface area contributed by atoms with E-state index in [0.717, 1.165) is 12.8 Å². The minimum absolute atomic E-state index is 0.0200. The molecule has 1 fully saturated rings. The second-order valence-corrected chi connectivity index (χ2v) is 6.01. The molecule has 5 heteroatoms. The number of benzene rings is 1. The number of rotatable bonds is 4. The van der Waals surface area contributed by atoms with E-state index in [-0.39, 0.29) is 11.9 Å². The lowest BCUT2D eigenvalue weighted by molar-refractivity contribution is 0.0641. The molecule has 0 bridgehead atoms. The van der Waals surface area contributed by atoms with Gasteiger partial charge in [-0.2, -0.15) is 0 Å². The topological polar surface area (TPSA) is 53.7 Å². The summed E-state index contributed by atoms with van der Waals surface area (Å²) in [4.78, 5) is 14.5. The zero-order valence-electron chi connectivity index (χ0n) is 12.1. The third-order valence-corrected chi connectivity index (χ3v) is 4.31. The van der Waals surface area contributed by atoms with E-state index in [0.29, 0.717) is 29.3 Å². The number of aliphatic hydroxyl groups is 1. The predicted molar refractivity (Wildman–Crippen MR) is 83.8 cm³/mol. The van der Waals surface area contributed by atoms with Gasteiger partial charge < -0.3 is 14.4 Å². The number of hydrogen-bond donors (Lipinski definition) is 1. The summed E-state index contributed by atoms with van der Waals surface area (Å²) in [5.41, 5.74) is 0.590. The summed E-state index contributed by atoms with van der Waals surface area (Å²) >= 11 is 5.96. The number of aliphatic hydroxyl groups excluding tert-OH is 1. The summed E-state index contributed by atoms with van der Waals surface area (Å²) in [6.45, 7) is 0.709. The number of carbonyl (C=O) groups excluding carboxylic acids is 1. The molecule has 1 aromatic heterocycles. The average Bonchev–Trinajstić information content (AvgIpc) is 3.18. The zero-order valence-corrected chi connectivity index (χ0v) is 12.9. The Morgan fingerprint density at radius 3 is 3.00 bits per heavy atom.